The van der Waals surface area contributed by atoms with Gasteiger partial charge in [-0.15, -0.1) is 0 Å². The molecule has 41 heavy (non-hydrogen) atoms. The molecule has 1 aliphatic rings. The second kappa shape index (κ2) is 13.5. The summed E-state index contributed by atoms with van der Waals surface area (Å²) in [5.74, 6) is -0.954. The fraction of sp³-hybridized carbons (Fsp3) is 0.333. The van der Waals surface area contributed by atoms with Gasteiger partial charge in [0.1, 0.15) is 24.2 Å². The molecule has 1 N–H and O–H groups in total. The molecule has 0 saturated heterocycles. The Hall–Kier alpha value is -3.44. The smallest absolute Gasteiger partial charge is 0.264 e. The van der Waals surface area contributed by atoms with Crippen LogP contribution in [0.1, 0.15) is 38.2 Å². The number of ether oxygens (including phenoxy) is 1. The molecule has 1 fully saturated rings. The Morgan fingerprint density at radius 1 is 1.00 bits per heavy atom. The number of hydrogen-bond acceptors (Lipinski definition) is 5. The Balaban J connectivity index is 1.67. The summed E-state index contributed by atoms with van der Waals surface area (Å²) >= 11 is 3.41. The van der Waals surface area contributed by atoms with Crippen molar-refractivity contribution >= 4 is 43.5 Å². The van der Waals surface area contributed by atoms with E-state index in [0.717, 1.165) is 52.2 Å². The van der Waals surface area contributed by atoms with Crippen molar-refractivity contribution in [3.8, 4) is 5.75 Å². The highest BCUT2D eigenvalue weighted by molar-refractivity contribution is 9.10. The molecule has 0 bridgehead atoms. The number of sulfonamides is 1. The monoisotopic (exact) mass is 645 g/mol. The topological polar surface area (TPSA) is 96.0 Å². The normalized spacial score (nSPS) is 14.3. The SMILES string of the molecule is COc1ccc(S(=O)(=O)N(CC(=O)N(Cc2ccc(Br)cc2)[C@@H](C)C(=O)NC2CCCC2)c2ccc(F)cc2)cc1. The fourth-order valence-corrected chi connectivity index (χ4v) is 6.45. The van der Waals surface area contributed by atoms with Crippen molar-refractivity contribution in [2.75, 3.05) is 18.0 Å². The van der Waals surface area contributed by atoms with Crippen LogP contribution < -0.4 is 14.4 Å². The number of carbonyl (C=O) groups excluding carboxylic acids is 2. The number of anilines is 1. The first kappa shape index (κ1) is 30.5. The summed E-state index contributed by atoms with van der Waals surface area (Å²) in [6, 6.07) is 17.2. The van der Waals surface area contributed by atoms with E-state index >= 15 is 0 Å². The van der Waals surface area contributed by atoms with Gasteiger partial charge in [-0.2, -0.15) is 0 Å². The van der Waals surface area contributed by atoms with E-state index < -0.39 is 34.3 Å². The van der Waals surface area contributed by atoms with Gasteiger partial charge < -0.3 is 15.0 Å². The molecule has 0 radical (unpaired) electrons. The van der Waals surface area contributed by atoms with Crippen LogP contribution in [0.15, 0.2) is 82.2 Å². The van der Waals surface area contributed by atoms with Gasteiger partial charge in [-0.1, -0.05) is 40.9 Å². The molecule has 11 heteroatoms. The van der Waals surface area contributed by atoms with E-state index in [1.165, 1.54) is 48.4 Å². The van der Waals surface area contributed by atoms with Crippen LogP contribution in [-0.2, 0) is 26.2 Å². The summed E-state index contributed by atoms with van der Waals surface area (Å²) < 4.78 is 48.4. The van der Waals surface area contributed by atoms with E-state index in [0.29, 0.717) is 5.75 Å². The molecule has 1 aliphatic carbocycles. The maximum atomic E-state index is 14.0. The van der Waals surface area contributed by atoms with E-state index in [9.17, 15) is 22.4 Å². The van der Waals surface area contributed by atoms with Crippen molar-refractivity contribution in [1.82, 2.24) is 10.2 Å². The first-order chi connectivity index (χ1) is 19.6. The number of nitrogens with one attached hydrogen (secondary N) is 1. The number of hydrogen-bond donors (Lipinski definition) is 1. The van der Waals surface area contributed by atoms with Gasteiger partial charge in [-0.05, 0) is 86.0 Å². The average Bonchev–Trinajstić information content (AvgIpc) is 3.48. The zero-order valence-corrected chi connectivity index (χ0v) is 25.3. The molecule has 8 nitrogen and oxygen atoms in total. The highest BCUT2D eigenvalue weighted by Crippen LogP contribution is 2.26. The summed E-state index contributed by atoms with van der Waals surface area (Å²) in [4.78, 5) is 28.5. The van der Waals surface area contributed by atoms with Gasteiger partial charge in [0, 0.05) is 17.1 Å². The fourth-order valence-electron chi connectivity index (χ4n) is 4.77. The lowest BCUT2D eigenvalue weighted by Gasteiger charge is -2.32. The predicted molar refractivity (Wildman–Crippen MR) is 158 cm³/mol. The molecule has 0 aromatic heterocycles. The van der Waals surface area contributed by atoms with Crippen LogP contribution in [0.4, 0.5) is 10.1 Å². The maximum Gasteiger partial charge on any atom is 0.264 e. The molecule has 0 aliphatic heterocycles. The maximum absolute atomic E-state index is 14.0. The van der Waals surface area contributed by atoms with E-state index in [2.05, 4.69) is 21.2 Å². The molecule has 0 unspecified atom stereocenters. The number of amides is 2. The number of halogens is 2. The largest absolute Gasteiger partial charge is 0.497 e. The summed E-state index contributed by atoms with van der Waals surface area (Å²) in [5.41, 5.74) is 0.885. The molecular weight excluding hydrogens is 613 g/mol. The van der Waals surface area contributed by atoms with Crippen molar-refractivity contribution in [3.63, 3.8) is 0 Å². The van der Waals surface area contributed by atoms with Crippen molar-refractivity contribution < 1.29 is 27.1 Å². The van der Waals surface area contributed by atoms with Gasteiger partial charge in [0.05, 0.1) is 17.7 Å². The second-order valence-corrected chi connectivity index (χ2v) is 12.8. The van der Waals surface area contributed by atoms with Crippen LogP contribution in [0, 0.1) is 5.82 Å². The van der Waals surface area contributed by atoms with Crippen LogP contribution in [0.3, 0.4) is 0 Å². The van der Waals surface area contributed by atoms with E-state index in [1.54, 1.807) is 6.92 Å². The average molecular weight is 647 g/mol. The zero-order chi connectivity index (χ0) is 29.6. The molecule has 218 valence electrons. The molecule has 1 saturated carbocycles. The second-order valence-electron chi connectivity index (χ2n) is 9.98. The molecule has 0 heterocycles. The van der Waals surface area contributed by atoms with E-state index in [-0.39, 0.29) is 29.1 Å². The number of carbonyl (C=O) groups is 2. The number of benzene rings is 3. The van der Waals surface area contributed by atoms with Gasteiger partial charge in [-0.3, -0.25) is 13.9 Å². The highest BCUT2D eigenvalue weighted by Gasteiger charge is 2.33. The van der Waals surface area contributed by atoms with E-state index in [1.807, 2.05) is 24.3 Å². The third kappa shape index (κ3) is 7.65. The zero-order valence-electron chi connectivity index (χ0n) is 22.9. The lowest BCUT2D eigenvalue weighted by molar-refractivity contribution is -0.139. The third-order valence-corrected chi connectivity index (χ3v) is 9.49. The van der Waals surface area contributed by atoms with E-state index in [4.69, 9.17) is 4.74 Å². The van der Waals surface area contributed by atoms with Crippen LogP contribution in [-0.4, -0.2) is 50.9 Å². The van der Waals surface area contributed by atoms with Crippen LogP contribution in [0.5, 0.6) is 5.75 Å². The van der Waals surface area contributed by atoms with Crippen molar-refractivity contribution in [2.24, 2.45) is 0 Å². The molecule has 3 aromatic carbocycles. The molecule has 2 amide bonds. The number of nitrogens with zero attached hydrogens (tertiary/aromatic N) is 2. The van der Waals surface area contributed by atoms with Crippen LogP contribution >= 0.6 is 15.9 Å². The Labute approximate surface area is 248 Å². The summed E-state index contributed by atoms with van der Waals surface area (Å²) in [6.07, 6.45) is 3.85. The Morgan fingerprint density at radius 2 is 1.61 bits per heavy atom. The summed E-state index contributed by atoms with van der Waals surface area (Å²) in [6.45, 7) is 1.13. The lowest BCUT2D eigenvalue weighted by Crippen LogP contribution is -2.52. The third-order valence-electron chi connectivity index (χ3n) is 7.18. The quantitative estimate of drug-likeness (QED) is 0.307. The minimum absolute atomic E-state index is 0.0562. The molecule has 0 spiro atoms. The highest BCUT2D eigenvalue weighted by atomic mass is 79.9. The van der Waals surface area contributed by atoms with Crippen molar-refractivity contribution in [3.05, 3.63) is 88.6 Å². The van der Waals surface area contributed by atoms with Crippen molar-refractivity contribution in [1.29, 1.82) is 0 Å². The van der Waals surface area contributed by atoms with Crippen LogP contribution in [0.25, 0.3) is 0 Å². The standard InChI is InChI=1S/C30H33BrFN3O5S/c1-21(30(37)33-25-5-3-4-6-25)34(19-22-7-9-23(31)10-8-22)29(36)20-35(26-13-11-24(32)12-14-26)41(38,39)28-17-15-27(40-2)16-18-28/h7-18,21,25H,3-6,19-20H2,1-2H3,(H,33,37)/t21-/m0/s1. The van der Waals surface area contributed by atoms with Gasteiger partial charge in [0.25, 0.3) is 10.0 Å². The first-order valence-electron chi connectivity index (χ1n) is 13.3. The summed E-state index contributed by atoms with van der Waals surface area (Å²) in [7, 11) is -2.79. The molecular formula is C30H33BrFN3O5S. The Bertz CT molecular complexity index is 1440. The minimum atomic E-state index is -4.26. The van der Waals surface area contributed by atoms with Crippen LogP contribution in [0.2, 0.25) is 0 Å². The van der Waals surface area contributed by atoms with Gasteiger partial charge in [0.2, 0.25) is 11.8 Å². The molecule has 1 atom stereocenters. The summed E-state index contributed by atoms with van der Waals surface area (Å²) in [5, 5.41) is 3.04. The number of rotatable bonds is 11. The Kier molecular flexibility index (Phi) is 10.0. The number of methoxy groups -OCH3 is 1. The molecule has 3 aromatic rings. The first-order valence-corrected chi connectivity index (χ1v) is 15.6. The van der Waals surface area contributed by atoms with Gasteiger partial charge in [-0.25, -0.2) is 12.8 Å². The lowest BCUT2D eigenvalue weighted by atomic mass is 10.1. The predicted octanol–water partition coefficient (Wildman–Crippen LogP) is 5.27. The molecule has 4 rings (SSSR count). The Morgan fingerprint density at radius 3 is 2.20 bits per heavy atom. The minimum Gasteiger partial charge on any atom is -0.497 e. The van der Waals surface area contributed by atoms with Gasteiger partial charge in [0.15, 0.2) is 0 Å². The van der Waals surface area contributed by atoms with Crippen molar-refractivity contribution in [2.45, 2.75) is 56.1 Å². The van der Waals surface area contributed by atoms with Gasteiger partial charge >= 0.3 is 0 Å².